The summed E-state index contributed by atoms with van der Waals surface area (Å²) in [5.41, 5.74) is 1.67. The molecule has 1 fully saturated rings. The normalized spacial score (nSPS) is 22.6. The molecule has 1 saturated carbocycles. The highest BCUT2D eigenvalue weighted by Crippen LogP contribution is 2.29. The van der Waals surface area contributed by atoms with Crippen LogP contribution >= 0.6 is 11.8 Å². The Morgan fingerprint density at radius 1 is 1.33 bits per heavy atom. The molecule has 2 N–H and O–H groups in total. The fraction of sp³-hybridized carbons (Fsp3) is 0.600. The van der Waals surface area contributed by atoms with Crippen LogP contribution in [-0.2, 0) is 23.1 Å². The fourth-order valence-corrected chi connectivity index (χ4v) is 4.94. The first-order chi connectivity index (χ1) is 10.00. The fourth-order valence-electron chi connectivity index (χ4n) is 2.81. The highest BCUT2D eigenvalue weighted by atomic mass is 32.2. The molecule has 1 aromatic rings. The molecule has 2 rings (SSSR count). The topological polar surface area (TPSA) is 66.4 Å². The van der Waals surface area contributed by atoms with Crippen LogP contribution in [0.4, 0.5) is 0 Å². The molecule has 0 bridgehead atoms. The van der Waals surface area contributed by atoms with Crippen molar-refractivity contribution in [1.82, 2.24) is 4.72 Å². The number of hydrogen-bond acceptors (Lipinski definition) is 4. The Labute approximate surface area is 131 Å². The van der Waals surface area contributed by atoms with Crippen molar-refractivity contribution in [3.05, 3.63) is 29.3 Å². The van der Waals surface area contributed by atoms with E-state index in [4.69, 9.17) is 0 Å². The zero-order chi connectivity index (χ0) is 15.5. The summed E-state index contributed by atoms with van der Waals surface area (Å²) in [5.74, 6) is 0. The number of hydrogen-bond donors (Lipinski definition) is 2. The van der Waals surface area contributed by atoms with Gasteiger partial charge in [-0.25, -0.2) is 13.1 Å². The number of aliphatic hydroxyl groups is 1. The lowest BCUT2D eigenvalue weighted by Crippen LogP contribution is -2.33. The number of aryl methyl sites for hydroxylation is 1. The van der Waals surface area contributed by atoms with E-state index in [1.807, 2.05) is 6.92 Å². The van der Waals surface area contributed by atoms with E-state index in [2.05, 4.69) is 11.0 Å². The van der Waals surface area contributed by atoms with Crippen LogP contribution in [-0.4, -0.2) is 31.1 Å². The van der Waals surface area contributed by atoms with Gasteiger partial charge in [0, 0.05) is 11.3 Å². The van der Waals surface area contributed by atoms with Gasteiger partial charge in [0.2, 0.25) is 10.0 Å². The SMILES string of the molecule is CCc1ccc(S(=O)(=O)NC2CCC(SC)C2)cc1CO. The van der Waals surface area contributed by atoms with Crippen molar-refractivity contribution in [3.63, 3.8) is 0 Å². The molecular formula is C15H23NO3S2. The predicted molar refractivity (Wildman–Crippen MR) is 87.0 cm³/mol. The standard InChI is InChI=1S/C15H23NO3S2/c1-3-11-4-7-15(8-12(11)10-17)21(18,19)16-13-5-6-14(9-13)20-2/h4,7-8,13-14,16-17H,3,5-6,9-10H2,1-2H3. The van der Waals surface area contributed by atoms with Gasteiger partial charge in [0.25, 0.3) is 0 Å². The molecule has 0 amide bonds. The number of sulfonamides is 1. The highest BCUT2D eigenvalue weighted by Gasteiger charge is 2.28. The lowest BCUT2D eigenvalue weighted by atomic mass is 10.1. The smallest absolute Gasteiger partial charge is 0.240 e. The maximum atomic E-state index is 12.5. The molecule has 1 aliphatic rings. The average molecular weight is 329 g/mol. The summed E-state index contributed by atoms with van der Waals surface area (Å²) < 4.78 is 27.7. The number of thioether (sulfide) groups is 1. The van der Waals surface area contributed by atoms with E-state index in [0.29, 0.717) is 10.8 Å². The van der Waals surface area contributed by atoms with Crippen molar-refractivity contribution in [3.8, 4) is 0 Å². The molecule has 1 aliphatic carbocycles. The van der Waals surface area contributed by atoms with E-state index in [1.165, 1.54) is 0 Å². The van der Waals surface area contributed by atoms with Gasteiger partial charge < -0.3 is 5.11 Å². The second kappa shape index (κ2) is 7.13. The lowest BCUT2D eigenvalue weighted by Gasteiger charge is -2.15. The Hall–Kier alpha value is -0.560. The van der Waals surface area contributed by atoms with E-state index in [-0.39, 0.29) is 17.5 Å². The van der Waals surface area contributed by atoms with Gasteiger partial charge in [0.1, 0.15) is 0 Å². The van der Waals surface area contributed by atoms with Gasteiger partial charge >= 0.3 is 0 Å². The molecule has 6 heteroatoms. The van der Waals surface area contributed by atoms with Gasteiger partial charge in [0.05, 0.1) is 11.5 Å². The molecule has 0 radical (unpaired) electrons. The van der Waals surface area contributed by atoms with Crippen LogP contribution in [0.3, 0.4) is 0 Å². The first kappa shape index (κ1) is 16.8. The van der Waals surface area contributed by atoms with Crippen LogP contribution in [0.25, 0.3) is 0 Å². The summed E-state index contributed by atoms with van der Waals surface area (Å²) in [5, 5.41) is 9.92. The number of benzene rings is 1. The largest absolute Gasteiger partial charge is 0.392 e. The Kier molecular flexibility index (Phi) is 5.71. The van der Waals surface area contributed by atoms with Crippen LogP contribution in [0.5, 0.6) is 0 Å². The molecule has 118 valence electrons. The van der Waals surface area contributed by atoms with E-state index in [9.17, 15) is 13.5 Å². The minimum absolute atomic E-state index is 0.0240. The summed E-state index contributed by atoms with van der Waals surface area (Å²) in [4.78, 5) is 0.247. The van der Waals surface area contributed by atoms with Crippen LogP contribution in [0.1, 0.15) is 37.3 Å². The third-order valence-electron chi connectivity index (χ3n) is 4.08. The molecule has 0 heterocycles. The molecule has 2 atom stereocenters. The number of rotatable bonds is 6. The molecule has 21 heavy (non-hydrogen) atoms. The van der Waals surface area contributed by atoms with Gasteiger partial charge in [0.15, 0.2) is 0 Å². The minimum Gasteiger partial charge on any atom is -0.392 e. The van der Waals surface area contributed by atoms with Crippen molar-refractivity contribution < 1.29 is 13.5 Å². The van der Waals surface area contributed by atoms with E-state index in [0.717, 1.165) is 31.2 Å². The van der Waals surface area contributed by atoms with E-state index < -0.39 is 10.0 Å². The summed E-state index contributed by atoms with van der Waals surface area (Å²) in [6.45, 7) is 1.85. The second-order valence-corrected chi connectivity index (χ2v) is 8.28. The third kappa shape index (κ3) is 4.00. The van der Waals surface area contributed by atoms with Crippen molar-refractivity contribution in [2.45, 2.75) is 55.4 Å². The highest BCUT2D eigenvalue weighted by molar-refractivity contribution is 7.99. The lowest BCUT2D eigenvalue weighted by molar-refractivity contribution is 0.280. The molecule has 0 saturated heterocycles. The number of aliphatic hydroxyl groups excluding tert-OH is 1. The summed E-state index contributed by atoms with van der Waals surface area (Å²) in [6.07, 6.45) is 5.69. The minimum atomic E-state index is -3.50. The van der Waals surface area contributed by atoms with E-state index >= 15 is 0 Å². The zero-order valence-electron chi connectivity index (χ0n) is 12.5. The average Bonchev–Trinajstić information content (AvgIpc) is 2.93. The van der Waals surface area contributed by atoms with Gasteiger partial charge in [-0.15, -0.1) is 0 Å². The van der Waals surface area contributed by atoms with Crippen molar-refractivity contribution in [2.75, 3.05) is 6.26 Å². The van der Waals surface area contributed by atoms with Crippen molar-refractivity contribution in [1.29, 1.82) is 0 Å². The van der Waals surface area contributed by atoms with Crippen LogP contribution in [0.15, 0.2) is 23.1 Å². The quantitative estimate of drug-likeness (QED) is 0.840. The molecule has 0 spiro atoms. The van der Waals surface area contributed by atoms with Crippen LogP contribution in [0, 0.1) is 0 Å². The molecular weight excluding hydrogens is 306 g/mol. The summed E-state index contributed by atoms with van der Waals surface area (Å²) >= 11 is 1.80. The molecule has 4 nitrogen and oxygen atoms in total. The first-order valence-corrected chi connectivity index (χ1v) is 10.0. The summed E-state index contributed by atoms with van der Waals surface area (Å²) in [7, 11) is -3.50. The Morgan fingerprint density at radius 2 is 2.10 bits per heavy atom. The maximum absolute atomic E-state index is 12.5. The monoisotopic (exact) mass is 329 g/mol. The molecule has 1 aromatic carbocycles. The van der Waals surface area contributed by atoms with Crippen molar-refractivity contribution >= 4 is 21.8 Å². The summed E-state index contributed by atoms with van der Waals surface area (Å²) in [6, 6.07) is 5.03. The van der Waals surface area contributed by atoms with Crippen LogP contribution in [0.2, 0.25) is 0 Å². The van der Waals surface area contributed by atoms with Crippen LogP contribution < -0.4 is 4.72 Å². The first-order valence-electron chi connectivity index (χ1n) is 7.28. The Balaban J connectivity index is 2.16. The van der Waals surface area contributed by atoms with Crippen molar-refractivity contribution in [2.24, 2.45) is 0 Å². The van der Waals surface area contributed by atoms with E-state index in [1.54, 1.807) is 30.0 Å². The maximum Gasteiger partial charge on any atom is 0.240 e. The number of nitrogens with one attached hydrogen (secondary N) is 1. The molecule has 0 aromatic heterocycles. The Bertz CT molecular complexity index is 587. The van der Waals surface area contributed by atoms with Gasteiger partial charge in [-0.2, -0.15) is 11.8 Å². The van der Waals surface area contributed by atoms with Gasteiger partial charge in [-0.05, 0) is 55.2 Å². The zero-order valence-corrected chi connectivity index (χ0v) is 14.1. The predicted octanol–water partition coefficient (Wildman–Crippen LogP) is 2.30. The van der Waals surface area contributed by atoms with Gasteiger partial charge in [-0.1, -0.05) is 13.0 Å². The molecule has 2 unspecified atom stereocenters. The second-order valence-electron chi connectivity index (χ2n) is 5.43. The van der Waals surface area contributed by atoms with Gasteiger partial charge in [-0.3, -0.25) is 0 Å². The Morgan fingerprint density at radius 3 is 2.67 bits per heavy atom. The molecule has 0 aliphatic heterocycles. The third-order valence-corrected chi connectivity index (χ3v) is 6.69.